The van der Waals surface area contributed by atoms with E-state index in [4.69, 9.17) is 0 Å². The second-order valence-corrected chi connectivity index (χ2v) is 9.53. The highest BCUT2D eigenvalue weighted by molar-refractivity contribution is 5.76. The Morgan fingerprint density at radius 2 is 1.81 bits per heavy atom. The molecular formula is C23H33FN2O. The van der Waals surface area contributed by atoms with E-state index in [-0.39, 0.29) is 11.4 Å². The molecular weight excluding hydrogens is 339 g/mol. The third-order valence-corrected chi connectivity index (χ3v) is 7.08. The predicted octanol–water partition coefficient (Wildman–Crippen LogP) is 5.00. The van der Waals surface area contributed by atoms with Crippen LogP contribution in [-0.4, -0.2) is 35.5 Å². The van der Waals surface area contributed by atoms with Gasteiger partial charge in [-0.05, 0) is 75.6 Å². The number of rotatable bonds is 3. The second kappa shape index (κ2) is 7.44. The van der Waals surface area contributed by atoms with Crippen LogP contribution in [0.5, 0.6) is 0 Å². The van der Waals surface area contributed by atoms with E-state index in [0.717, 1.165) is 38.0 Å². The molecule has 148 valence electrons. The number of nitrogens with zero attached hydrogens (tertiary/aromatic N) is 2. The minimum atomic E-state index is -0.185. The van der Waals surface area contributed by atoms with Crippen molar-refractivity contribution >= 4 is 11.6 Å². The van der Waals surface area contributed by atoms with Gasteiger partial charge >= 0.3 is 0 Å². The lowest BCUT2D eigenvalue weighted by Crippen LogP contribution is -2.50. The Morgan fingerprint density at radius 3 is 2.52 bits per heavy atom. The molecule has 0 N–H and O–H groups in total. The summed E-state index contributed by atoms with van der Waals surface area (Å²) in [7, 11) is 0. The Labute approximate surface area is 162 Å². The molecule has 4 rings (SSSR count). The number of halogens is 1. The SMILES string of the molecule is CC1(C)C[C@@H]2CN(C(=O)CC3CCCCC3)CC[C@@H]2N1c1ccc(F)cc1. The molecule has 1 saturated carbocycles. The maximum atomic E-state index is 13.4. The van der Waals surface area contributed by atoms with Gasteiger partial charge in [0.1, 0.15) is 5.82 Å². The van der Waals surface area contributed by atoms with Gasteiger partial charge in [0, 0.05) is 36.8 Å². The third-order valence-electron chi connectivity index (χ3n) is 7.08. The van der Waals surface area contributed by atoms with Crippen molar-refractivity contribution in [3.63, 3.8) is 0 Å². The van der Waals surface area contributed by atoms with E-state index in [0.29, 0.717) is 23.8 Å². The summed E-state index contributed by atoms with van der Waals surface area (Å²) in [6, 6.07) is 7.37. The Morgan fingerprint density at radius 1 is 1.11 bits per heavy atom. The minimum Gasteiger partial charge on any atom is -0.363 e. The number of carbonyl (C=O) groups excluding carboxylic acids is 1. The summed E-state index contributed by atoms with van der Waals surface area (Å²) in [5.41, 5.74) is 1.14. The van der Waals surface area contributed by atoms with Gasteiger partial charge in [-0.25, -0.2) is 4.39 Å². The van der Waals surface area contributed by atoms with Gasteiger partial charge in [-0.2, -0.15) is 0 Å². The first-order chi connectivity index (χ1) is 12.9. The van der Waals surface area contributed by atoms with Gasteiger partial charge in [0.15, 0.2) is 0 Å². The van der Waals surface area contributed by atoms with Crippen molar-refractivity contribution in [2.24, 2.45) is 11.8 Å². The summed E-state index contributed by atoms with van der Waals surface area (Å²) in [4.78, 5) is 17.5. The van der Waals surface area contributed by atoms with Crippen LogP contribution in [0.25, 0.3) is 0 Å². The first-order valence-electron chi connectivity index (χ1n) is 10.8. The van der Waals surface area contributed by atoms with E-state index in [1.807, 2.05) is 12.1 Å². The molecule has 0 radical (unpaired) electrons. The molecule has 2 saturated heterocycles. The van der Waals surface area contributed by atoms with E-state index < -0.39 is 0 Å². The van der Waals surface area contributed by atoms with Crippen LogP contribution in [-0.2, 0) is 4.79 Å². The van der Waals surface area contributed by atoms with Crippen LogP contribution in [0.15, 0.2) is 24.3 Å². The topological polar surface area (TPSA) is 23.6 Å². The van der Waals surface area contributed by atoms with Crippen molar-refractivity contribution in [1.29, 1.82) is 0 Å². The molecule has 27 heavy (non-hydrogen) atoms. The molecule has 1 aliphatic carbocycles. The molecule has 4 heteroatoms. The van der Waals surface area contributed by atoms with Crippen molar-refractivity contribution in [2.75, 3.05) is 18.0 Å². The zero-order chi connectivity index (χ0) is 19.0. The molecule has 1 aromatic carbocycles. The van der Waals surface area contributed by atoms with Gasteiger partial charge in [0.2, 0.25) is 5.91 Å². The van der Waals surface area contributed by atoms with Crippen LogP contribution in [0, 0.1) is 17.7 Å². The summed E-state index contributed by atoms with van der Waals surface area (Å²) in [5, 5.41) is 0. The number of likely N-dealkylation sites (tertiary alicyclic amines) is 1. The minimum absolute atomic E-state index is 0.0373. The maximum Gasteiger partial charge on any atom is 0.222 e. The highest BCUT2D eigenvalue weighted by Gasteiger charge is 2.48. The number of hydrogen-bond donors (Lipinski definition) is 0. The first-order valence-corrected chi connectivity index (χ1v) is 10.8. The summed E-state index contributed by atoms with van der Waals surface area (Å²) in [6.45, 7) is 6.31. The van der Waals surface area contributed by atoms with Crippen LogP contribution < -0.4 is 4.90 Å². The second-order valence-electron chi connectivity index (χ2n) is 9.53. The van der Waals surface area contributed by atoms with E-state index in [1.165, 1.54) is 32.1 Å². The lowest BCUT2D eigenvalue weighted by molar-refractivity contribution is -0.134. The van der Waals surface area contributed by atoms with Gasteiger partial charge in [0.05, 0.1) is 0 Å². The zero-order valence-electron chi connectivity index (χ0n) is 16.8. The van der Waals surface area contributed by atoms with Crippen LogP contribution >= 0.6 is 0 Å². The predicted molar refractivity (Wildman–Crippen MR) is 107 cm³/mol. The van der Waals surface area contributed by atoms with E-state index in [2.05, 4.69) is 23.6 Å². The standard InChI is InChI=1S/C23H33FN2O/c1-23(2)15-18-16-25(22(27)14-17-6-4-3-5-7-17)13-12-21(18)26(23)20-10-8-19(24)9-11-20/h8-11,17-18,21H,3-7,12-16H2,1-2H3/t18-,21+/m1/s1. The highest BCUT2D eigenvalue weighted by Crippen LogP contribution is 2.44. The number of fused-ring (bicyclic) bond motifs is 1. The van der Waals surface area contributed by atoms with Gasteiger partial charge in [-0.15, -0.1) is 0 Å². The Kier molecular flexibility index (Phi) is 5.17. The average Bonchev–Trinajstić information content (AvgIpc) is 2.92. The fourth-order valence-corrected chi connectivity index (χ4v) is 5.89. The van der Waals surface area contributed by atoms with Gasteiger partial charge in [-0.1, -0.05) is 19.3 Å². The summed E-state index contributed by atoms with van der Waals surface area (Å²) in [6.07, 6.45) is 9.25. The average molecular weight is 373 g/mol. The Balaban J connectivity index is 1.43. The third kappa shape index (κ3) is 3.86. The fourth-order valence-electron chi connectivity index (χ4n) is 5.89. The van der Waals surface area contributed by atoms with Crippen molar-refractivity contribution in [2.45, 2.75) is 76.8 Å². The van der Waals surface area contributed by atoms with Gasteiger partial charge in [0.25, 0.3) is 0 Å². The fraction of sp³-hybridized carbons (Fsp3) is 0.696. The molecule has 0 aromatic heterocycles. The molecule has 1 amide bonds. The van der Waals surface area contributed by atoms with Crippen molar-refractivity contribution in [1.82, 2.24) is 4.90 Å². The largest absolute Gasteiger partial charge is 0.363 e. The van der Waals surface area contributed by atoms with Gasteiger partial charge in [-0.3, -0.25) is 4.79 Å². The maximum absolute atomic E-state index is 13.4. The molecule has 0 spiro atoms. The molecule has 1 aromatic rings. The van der Waals surface area contributed by atoms with Crippen molar-refractivity contribution in [3.05, 3.63) is 30.1 Å². The molecule has 0 unspecified atom stereocenters. The van der Waals surface area contributed by atoms with E-state index in [1.54, 1.807) is 12.1 Å². The molecule has 3 aliphatic rings. The Hall–Kier alpha value is -1.58. The number of anilines is 1. The van der Waals surface area contributed by atoms with E-state index in [9.17, 15) is 9.18 Å². The molecule has 3 nitrogen and oxygen atoms in total. The van der Waals surface area contributed by atoms with Crippen molar-refractivity contribution < 1.29 is 9.18 Å². The van der Waals surface area contributed by atoms with Crippen LogP contribution in [0.1, 0.15) is 65.2 Å². The van der Waals surface area contributed by atoms with Gasteiger partial charge < -0.3 is 9.80 Å². The number of carbonyl (C=O) groups is 1. The van der Waals surface area contributed by atoms with Crippen LogP contribution in [0.2, 0.25) is 0 Å². The monoisotopic (exact) mass is 372 g/mol. The number of benzene rings is 1. The molecule has 0 bridgehead atoms. The first kappa shape index (κ1) is 18.8. The summed E-state index contributed by atoms with van der Waals surface area (Å²) < 4.78 is 13.4. The lowest BCUT2D eigenvalue weighted by Gasteiger charge is -2.42. The molecule has 3 fully saturated rings. The summed E-state index contributed by atoms with van der Waals surface area (Å²) in [5.74, 6) is 1.31. The smallest absolute Gasteiger partial charge is 0.222 e. The lowest BCUT2D eigenvalue weighted by atomic mass is 9.85. The zero-order valence-corrected chi connectivity index (χ0v) is 16.8. The number of amides is 1. The summed E-state index contributed by atoms with van der Waals surface area (Å²) >= 11 is 0. The number of hydrogen-bond acceptors (Lipinski definition) is 2. The molecule has 2 heterocycles. The quantitative estimate of drug-likeness (QED) is 0.745. The highest BCUT2D eigenvalue weighted by atomic mass is 19.1. The number of piperidine rings is 1. The Bertz CT molecular complexity index is 665. The van der Waals surface area contributed by atoms with E-state index >= 15 is 0 Å². The van der Waals surface area contributed by atoms with Crippen LogP contribution in [0.3, 0.4) is 0 Å². The molecule has 2 atom stereocenters. The molecule has 2 aliphatic heterocycles. The van der Waals surface area contributed by atoms with Crippen molar-refractivity contribution in [3.8, 4) is 0 Å². The normalized spacial score (nSPS) is 28.3. The van der Waals surface area contributed by atoms with Crippen LogP contribution in [0.4, 0.5) is 10.1 Å².